The van der Waals surface area contributed by atoms with Crippen LogP contribution in [0.2, 0.25) is 0 Å². The molecule has 5 heteroatoms. The van der Waals surface area contributed by atoms with Crippen molar-refractivity contribution in [1.29, 1.82) is 5.26 Å². The summed E-state index contributed by atoms with van der Waals surface area (Å²) in [7, 11) is 0. The van der Waals surface area contributed by atoms with Crippen LogP contribution < -0.4 is 5.73 Å². The minimum absolute atomic E-state index is 0.0689. The number of nitrogens with zero attached hydrogens (tertiary/aromatic N) is 3. The summed E-state index contributed by atoms with van der Waals surface area (Å²) in [4.78, 5) is 12.7. The molecule has 0 radical (unpaired) electrons. The van der Waals surface area contributed by atoms with Gasteiger partial charge in [0.2, 0.25) is 5.78 Å². The number of nitriles is 1. The monoisotopic (exact) mass is 316 g/mol. The third kappa shape index (κ3) is 2.66. The van der Waals surface area contributed by atoms with Crippen LogP contribution in [0.25, 0.3) is 5.69 Å². The first-order chi connectivity index (χ1) is 11.5. The molecule has 0 saturated carbocycles. The highest BCUT2D eigenvalue weighted by Crippen LogP contribution is 2.23. The van der Waals surface area contributed by atoms with E-state index >= 15 is 0 Å². The fourth-order valence-electron chi connectivity index (χ4n) is 2.42. The van der Waals surface area contributed by atoms with Gasteiger partial charge in [-0.1, -0.05) is 47.5 Å². The lowest BCUT2D eigenvalue weighted by Crippen LogP contribution is -2.05. The SMILES string of the molecule is Cc1ccc(C(=O)c2nn(-c3ccc(C)cc3)c(N)c2C#N)cc1. The van der Waals surface area contributed by atoms with Crippen LogP contribution >= 0.6 is 0 Å². The van der Waals surface area contributed by atoms with Crippen LogP contribution in [0.1, 0.15) is 32.7 Å². The van der Waals surface area contributed by atoms with Gasteiger partial charge in [-0.2, -0.15) is 10.4 Å². The summed E-state index contributed by atoms with van der Waals surface area (Å²) >= 11 is 0. The number of hydrogen-bond acceptors (Lipinski definition) is 4. The summed E-state index contributed by atoms with van der Waals surface area (Å²) in [5.74, 6) is -0.152. The second kappa shape index (κ2) is 6.01. The maximum atomic E-state index is 12.7. The molecule has 0 bridgehead atoms. The fraction of sp³-hybridized carbons (Fsp3) is 0.105. The van der Waals surface area contributed by atoms with E-state index in [0.717, 1.165) is 11.1 Å². The Hall–Kier alpha value is -3.39. The first-order valence-electron chi connectivity index (χ1n) is 7.48. The zero-order valence-corrected chi connectivity index (χ0v) is 13.4. The Morgan fingerprint density at radius 2 is 1.58 bits per heavy atom. The normalized spacial score (nSPS) is 10.4. The van der Waals surface area contributed by atoms with E-state index in [-0.39, 0.29) is 22.9 Å². The van der Waals surface area contributed by atoms with E-state index in [2.05, 4.69) is 5.10 Å². The van der Waals surface area contributed by atoms with Crippen LogP contribution in [0.5, 0.6) is 0 Å². The van der Waals surface area contributed by atoms with E-state index in [1.807, 2.05) is 56.3 Å². The number of nitrogen functional groups attached to an aromatic ring is 1. The smallest absolute Gasteiger partial charge is 0.214 e. The molecule has 24 heavy (non-hydrogen) atoms. The van der Waals surface area contributed by atoms with Crippen LogP contribution in [0.3, 0.4) is 0 Å². The molecule has 0 fully saturated rings. The zero-order chi connectivity index (χ0) is 17.3. The molecule has 0 aliphatic carbocycles. The maximum absolute atomic E-state index is 12.7. The second-order valence-corrected chi connectivity index (χ2v) is 5.66. The molecule has 0 spiro atoms. The molecule has 2 N–H and O–H groups in total. The first kappa shape index (κ1) is 15.5. The lowest BCUT2D eigenvalue weighted by Gasteiger charge is -2.03. The largest absolute Gasteiger partial charge is 0.382 e. The Kier molecular flexibility index (Phi) is 3.88. The summed E-state index contributed by atoms with van der Waals surface area (Å²) in [6.45, 7) is 3.92. The molecule has 0 aliphatic rings. The highest BCUT2D eigenvalue weighted by molar-refractivity contribution is 6.09. The van der Waals surface area contributed by atoms with Crippen LogP contribution in [-0.4, -0.2) is 15.6 Å². The molecule has 1 aromatic heterocycles. The molecule has 2 aromatic carbocycles. The third-order valence-corrected chi connectivity index (χ3v) is 3.84. The standard InChI is InChI=1S/C19H16N4O/c1-12-3-7-14(8-4-12)18(24)17-16(11-20)19(21)23(22-17)15-9-5-13(2)6-10-15/h3-10H,21H2,1-2H3. The Morgan fingerprint density at radius 3 is 2.12 bits per heavy atom. The molecule has 5 nitrogen and oxygen atoms in total. The van der Waals surface area contributed by atoms with Gasteiger partial charge >= 0.3 is 0 Å². The van der Waals surface area contributed by atoms with Crippen molar-refractivity contribution >= 4 is 11.6 Å². The molecular formula is C19H16N4O. The quantitative estimate of drug-likeness (QED) is 0.752. The Bertz CT molecular complexity index is 945. The minimum atomic E-state index is -0.316. The molecule has 0 saturated heterocycles. The van der Waals surface area contributed by atoms with Crippen molar-refractivity contribution in [2.45, 2.75) is 13.8 Å². The zero-order valence-electron chi connectivity index (χ0n) is 13.4. The molecule has 118 valence electrons. The van der Waals surface area contributed by atoms with Gasteiger partial charge in [-0.25, -0.2) is 4.68 Å². The number of nitrogens with two attached hydrogens (primary N) is 1. The third-order valence-electron chi connectivity index (χ3n) is 3.84. The van der Waals surface area contributed by atoms with Gasteiger partial charge in [-0.15, -0.1) is 0 Å². The highest BCUT2D eigenvalue weighted by atomic mass is 16.1. The molecule has 0 unspecified atom stereocenters. The fourth-order valence-corrected chi connectivity index (χ4v) is 2.42. The second-order valence-electron chi connectivity index (χ2n) is 5.66. The lowest BCUT2D eigenvalue weighted by atomic mass is 10.0. The molecule has 3 rings (SSSR count). The maximum Gasteiger partial charge on any atom is 0.214 e. The predicted octanol–water partition coefficient (Wildman–Crippen LogP) is 3.17. The van der Waals surface area contributed by atoms with Crippen molar-refractivity contribution in [2.75, 3.05) is 5.73 Å². The molecule has 0 aliphatic heterocycles. The summed E-state index contributed by atoms with van der Waals surface area (Å²) in [5, 5.41) is 13.7. The van der Waals surface area contributed by atoms with Crippen LogP contribution in [0.4, 0.5) is 5.82 Å². The number of hydrogen-bond donors (Lipinski definition) is 1. The van der Waals surface area contributed by atoms with Crippen LogP contribution in [0.15, 0.2) is 48.5 Å². The average molecular weight is 316 g/mol. The molecule has 0 atom stereocenters. The van der Waals surface area contributed by atoms with Crippen molar-refractivity contribution in [1.82, 2.24) is 9.78 Å². The highest BCUT2D eigenvalue weighted by Gasteiger charge is 2.23. The Morgan fingerprint density at radius 1 is 1.04 bits per heavy atom. The summed E-state index contributed by atoms with van der Waals surface area (Å²) in [6.07, 6.45) is 0. The van der Waals surface area contributed by atoms with Gasteiger partial charge < -0.3 is 5.73 Å². The lowest BCUT2D eigenvalue weighted by molar-refractivity contribution is 0.103. The number of aryl methyl sites for hydroxylation is 2. The van der Waals surface area contributed by atoms with Gasteiger partial charge in [-0.05, 0) is 26.0 Å². The van der Waals surface area contributed by atoms with E-state index in [1.165, 1.54) is 4.68 Å². The Labute approximate surface area is 140 Å². The van der Waals surface area contributed by atoms with Gasteiger partial charge in [0, 0.05) is 5.56 Å². The van der Waals surface area contributed by atoms with Crippen molar-refractivity contribution in [3.8, 4) is 11.8 Å². The van der Waals surface area contributed by atoms with Crippen molar-refractivity contribution in [3.05, 3.63) is 76.5 Å². The molecular weight excluding hydrogens is 300 g/mol. The van der Waals surface area contributed by atoms with Crippen LogP contribution in [-0.2, 0) is 0 Å². The number of aromatic nitrogens is 2. The van der Waals surface area contributed by atoms with Gasteiger partial charge in [0.25, 0.3) is 0 Å². The number of carbonyl (C=O) groups excluding carboxylic acids is 1. The van der Waals surface area contributed by atoms with E-state index in [0.29, 0.717) is 11.3 Å². The van der Waals surface area contributed by atoms with Gasteiger partial charge in [0.05, 0.1) is 5.69 Å². The predicted molar refractivity (Wildman–Crippen MR) is 92.0 cm³/mol. The number of anilines is 1. The number of ketones is 1. The molecule has 3 aromatic rings. The van der Waals surface area contributed by atoms with Crippen LogP contribution in [0, 0.1) is 25.2 Å². The van der Waals surface area contributed by atoms with Crippen molar-refractivity contribution in [2.24, 2.45) is 0 Å². The van der Waals surface area contributed by atoms with E-state index in [4.69, 9.17) is 5.73 Å². The number of rotatable bonds is 3. The molecule has 0 amide bonds. The number of carbonyl (C=O) groups is 1. The van der Waals surface area contributed by atoms with Gasteiger partial charge in [0.15, 0.2) is 5.69 Å². The van der Waals surface area contributed by atoms with E-state index in [1.54, 1.807) is 12.1 Å². The van der Waals surface area contributed by atoms with Crippen molar-refractivity contribution < 1.29 is 4.79 Å². The van der Waals surface area contributed by atoms with Crippen molar-refractivity contribution in [3.63, 3.8) is 0 Å². The number of benzene rings is 2. The topological polar surface area (TPSA) is 84.7 Å². The summed E-state index contributed by atoms with van der Waals surface area (Å²) in [5.41, 5.74) is 9.55. The van der Waals surface area contributed by atoms with E-state index < -0.39 is 0 Å². The summed E-state index contributed by atoms with van der Waals surface area (Å²) in [6, 6.07) is 16.7. The van der Waals surface area contributed by atoms with Gasteiger partial charge in [-0.3, -0.25) is 4.79 Å². The Balaban J connectivity index is 2.10. The average Bonchev–Trinajstić information content (AvgIpc) is 2.92. The molecule has 1 heterocycles. The summed E-state index contributed by atoms with van der Waals surface area (Å²) < 4.78 is 1.43. The minimum Gasteiger partial charge on any atom is -0.382 e. The van der Waals surface area contributed by atoms with E-state index in [9.17, 15) is 10.1 Å². The first-order valence-corrected chi connectivity index (χ1v) is 7.48. The van der Waals surface area contributed by atoms with Gasteiger partial charge in [0.1, 0.15) is 17.5 Å².